The average Bonchev–Trinajstić information content (AvgIpc) is 2.29. The van der Waals surface area contributed by atoms with Crippen molar-refractivity contribution in [3.63, 3.8) is 0 Å². The predicted octanol–water partition coefficient (Wildman–Crippen LogP) is 1.71. The molecule has 0 saturated carbocycles. The van der Waals surface area contributed by atoms with E-state index < -0.39 is 5.60 Å². The highest BCUT2D eigenvalue weighted by Gasteiger charge is 2.27. The van der Waals surface area contributed by atoms with E-state index >= 15 is 0 Å². The maximum Gasteiger partial charge on any atom is 0.0746 e. The summed E-state index contributed by atoms with van der Waals surface area (Å²) in [4.78, 5) is 5.04. The van der Waals surface area contributed by atoms with Gasteiger partial charge in [0.15, 0.2) is 0 Å². The van der Waals surface area contributed by atoms with Crippen molar-refractivity contribution in [2.24, 2.45) is 0 Å². The highest BCUT2D eigenvalue weighted by molar-refractivity contribution is 4.82. The van der Waals surface area contributed by atoms with Gasteiger partial charge in [-0.2, -0.15) is 0 Å². The molecule has 2 aliphatic heterocycles. The van der Waals surface area contributed by atoms with Crippen LogP contribution in [0.4, 0.5) is 0 Å². The van der Waals surface area contributed by atoms with Gasteiger partial charge in [-0.05, 0) is 71.8 Å². The molecule has 0 aliphatic carbocycles. The smallest absolute Gasteiger partial charge is 0.0746 e. The highest BCUT2D eigenvalue weighted by Crippen LogP contribution is 2.20. The third-order valence-corrected chi connectivity index (χ3v) is 4.15. The minimum Gasteiger partial charge on any atom is -0.389 e. The van der Waals surface area contributed by atoms with Crippen LogP contribution in [0.1, 0.15) is 45.4 Å². The van der Waals surface area contributed by atoms with Crippen molar-refractivity contribution in [1.29, 1.82) is 0 Å². The van der Waals surface area contributed by atoms with Crippen LogP contribution in [0.2, 0.25) is 0 Å². The molecule has 0 aromatic heterocycles. The van der Waals surface area contributed by atoms with E-state index in [9.17, 15) is 5.11 Å². The van der Waals surface area contributed by atoms with E-state index in [4.69, 9.17) is 0 Å². The molecule has 0 radical (unpaired) electrons. The molecule has 3 heteroatoms. The first-order valence-electron chi connectivity index (χ1n) is 7.33. The fourth-order valence-corrected chi connectivity index (χ4v) is 3.22. The van der Waals surface area contributed by atoms with Crippen molar-refractivity contribution in [1.82, 2.24) is 9.80 Å². The second-order valence-electron chi connectivity index (χ2n) is 6.13. The number of hydrogen-bond acceptors (Lipinski definition) is 3. The summed E-state index contributed by atoms with van der Waals surface area (Å²) >= 11 is 0. The second-order valence-corrected chi connectivity index (χ2v) is 6.13. The molecule has 2 aliphatic rings. The lowest BCUT2D eigenvalue weighted by molar-refractivity contribution is -0.0163. The first-order chi connectivity index (χ1) is 8.16. The topological polar surface area (TPSA) is 26.7 Å². The van der Waals surface area contributed by atoms with Gasteiger partial charge in [0.25, 0.3) is 0 Å². The number of likely N-dealkylation sites (tertiary alicyclic amines) is 2. The quantitative estimate of drug-likeness (QED) is 0.810. The zero-order valence-corrected chi connectivity index (χ0v) is 11.3. The minimum atomic E-state index is -0.441. The van der Waals surface area contributed by atoms with Gasteiger partial charge >= 0.3 is 0 Å². The molecule has 2 saturated heterocycles. The molecule has 1 N–H and O–H groups in total. The molecule has 0 unspecified atom stereocenters. The summed E-state index contributed by atoms with van der Waals surface area (Å²) in [6, 6.07) is 0. The average molecular weight is 240 g/mol. The molecule has 3 nitrogen and oxygen atoms in total. The summed E-state index contributed by atoms with van der Waals surface area (Å²) in [7, 11) is 0. The van der Waals surface area contributed by atoms with Gasteiger partial charge in [0.1, 0.15) is 0 Å². The Morgan fingerprint density at radius 1 is 0.941 bits per heavy atom. The summed E-state index contributed by atoms with van der Waals surface area (Å²) < 4.78 is 0. The van der Waals surface area contributed by atoms with Crippen molar-refractivity contribution in [3.8, 4) is 0 Å². The van der Waals surface area contributed by atoms with Gasteiger partial charge in [-0.15, -0.1) is 0 Å². The van der Waals surface area contributed by atoms with E-state index in [1.54, 1.807) is 0 Å². The van der Waals surface area contributed by atoms with E-state index in [1.165, 1.54) is 51.9 Å². The van der Waals surface area contributed by atoms with Crippen LogP contribution in [0.15, 0.2) is 0 Å². The van der Waals surface area contributed by atoms with Crippen LogP contribution in [0.5, 0.6) is 0 Å². The summed E-state index contributed by atoms with van der Waals surface area (Å²) in [5.74, 6) is 0. The van der Waals surface area contributed by atoms with Crippen molar-refractivity contribution in [2.45, 2.75) is 51.0 Å². The Balaban J connectivity index is 1.61. The van der Waals surface area contributed by atoms with Crippen LogP contribution in [0, 0.1) is 0 Å². The molecule has 17 heavy (non-hydrogen) atoms. The molecular weight excluding hydrogens is 212 g/mol. The maximum atomic E-state index is 10.0. The van der Waals surface area contributed by atoms with E-state index in [0.29, 0.717) is 0 Å². The Morgan fingerprint density at radius 2 is 1.59 bits per heavy atom. The lowest BCUT2D eigenvalue weighted by Gasteiger charge is -2.37. The summed E-state index contributed by atoms with van der Waals surface area (Å²) in [6.07, 6.45) is 7.57. The molecule has 0 aromatic rings. The molecule has 2 heterocycles. The van der Waals surface area contributed by atoms with E-state index in [-0.39, 0.29) is 0 Å². The lowest BCUT2D eigenvalue weighted by atomic mass is 9.95. The SMILES string of the molecule is C[C@]1(O)CCCN(CCCN2CCCCC2)C1. The minimum absolute atomic E-state index is 0.441. The number of nitrogens with zero attached hydrogens (tertiary/aromatic N) is 2. The molecule has 0 bridgehead atoms. The number of hydrogen-bond donors (Lipinski definition) is 1. The fraction of sp³-hybridized carbons (Fsp3) is 1.00. The molecule has 0 spiro atoms. The van der Waals surface area contributed by atoms with Gasteiger partial charge in [-0.3, -0.25) is 0 Å². The standard InChI is InChI=1S/C14H28N2O/c1-14(17)7-5-10-16(13-14)12-6-11-15-8-3-2-4-9-15/h17H,2-13H2,1H3/t14-/m0/s1. The number of β-amino-alcohol motifs (C(OH)–C–C–N with tert-alkyl or cyclic N) is 1. The summed E-state index contributed by atoms with van der Waals surface area (Å²) in [5.41, 5.74) is -0.441. The van der Waals surface area contributed by atoms with E-state index in [1.807, 2.05) is 6.92 Å². The molecule has 1 atom stereocenters. The summed E-state index contributed by atoms with van der Waals surface area (Å²) in [5, 5.41) is 10.0. The van der Waals surface area contributed by atoms with Gasteiger partial charge in [0.05, 0.1) is 5.60 Å². The molecule has 0 aromatic carbocycles. The van der Waals surface area contributed by atoms with E-state index in [2.05, 4.69) is 9.80 Å². The van der Waals surface area contributed by atoms with Gasteiger partial charge in [-0.1, -0.05) is 6.42 Å². The molecule has 2 fully saturated rings. The number of piperidine rings is 2. The first-order valence-corrected chi connectivity index (χ1v) is 7.33. The highest BCUT2D eigenvalue weighted by atomic mass is 16.3. The third-order valence-electron chi connectivity index (χ3n) is 4.15. The zero-order valence-electron chi connectivity index (χ0n) is 11.3. The fourth-order valence-electron chi connectivity index (χ4n) is 3.22. The van der Waals surface area contributed by atoms with Crippen LogP contribution in [0.25, 0.3) is 0 Å². The molecule has 2 rings (SSSR count). The molecule has 100 valence electrons. The van der Waals surface area contributed by atoms with Gasteiger partial charge in [0, 0.05) is 6.54 Å². The zero-order chi connectivity index (χ0) is 12.1. The van der Waals surface area contributed by atoms with Crippen molar-refractivity contribution in [3.05, 3.63) is 0 Å². The number of aliphatic hydroxyl groups is 1. The normalized spacial score (nSPS) is 32.8. The molecular formula is C14H28N2O. The lowest BCUT2D eigenvalue weighted by Crippen LogP contribution is -2.46. The van der Waals surface area contributed by atoms with Crippen molar-refractivity contribution >= 4 is 0 Å². The van der Waals surface area contributed by atoms with Crippen LogP contribution in [-0.4, -0.2) is 59.8 Å². The maximum absolute atomic E-state index is 10.0. The molecule has 0 amide bonds. The van der Waals surface area contributed by atoms with E-state index in [0.717, 1.165) is 25.9 Å². The monoisotopic (exact) mass is 240 g/mol. The first kappa shape index (κ1) is 13.3. The Hall–Kier alpha value is -0.120. The number of rotatable bonds is 4. The van der Waals surface area contributed by atoms with Gasteiger partial charge in [-0.25, -0.2) is 0 Å². The van der Waals surface area contributed by atoms with Crippen LogP contribution >= 0.6 is 0 Å². The van der Waals surface area contributed by atoms with Crippen molar-refractivity contribution < 1.29 is 5.11 Å². The van der Waals surface area contributed by atoms with Crippen LogP contribution in [0.3, 0.4) is 0 Å². The Morgan fingerprint density at radius 3 is 2.29 bits per heavy atom. The van der Waals surface area contributed by atoms with Gasteiger partial charge in [0.2, 0.25) is 0 Å². The van der Waals surface area contributed by atoms with Crippen LogP contribution in [-0.2, 0) is 0 Å². The Bertz CT molecular complexity index is 224. The predicted molar refractivity (Wildman–Crippen MR) is 71.2 cm³/mol. The van der Waals surface area contributed by atoms with Gasteiger partial charge < -0.3 is 14.9 Å². The Kier molecular flexibility index (Phi) is 4.83. The second kappa shape index (κ2) is 6.17. The largest absolute Gasteiger partial charge is 0.389 e. The summed E-state index contributed by atoms with van der Waals surface area (Å²) in [6.45, 7) is 9.04. The Labute approximate surface area is 106 Å². The van der Waals surface area contributed by atoms with Crippen LogP contribution < -0.4 is 0 Å². The van der Waals surface area contributed by atoms with Crippen molar-refractivity contribution in [2.75, 3.05) is 39.3 Å². The third kappa shape index (κ3) is 4.57.